The van der Waals surface area contributed by atoms with E-state index in [4.69, 9.17) is 0 Å². The average Bonchev–Trinajstić information content (AvgIpc) is 2.61. The first-order valence-corrected chi connectivity index (χ1v) is 10.1. The van der Waals surface area contributed by atoms with Crippen molar-refractivity contribution in [3.05, 3.63) is 74.9 Å². The molecule has 1 aromatic heterocycles. The van der Waals surface area contributed by atoms with Crippen LogP contribution < -0.4 is 16.0 Å². The van der Waals surface area contributed by atoms with Gasteiger partial charge in [0.25, 0.3) is 5.56 Å². The number of hydrogen-bond acceptors (Lipinski definition) is 4. The molecule has 0 aliphatic heterocycles. The van der Waals surface area contributed by atoms with Crippen LogP contribution in [-0.2, 0) is 10.0 Å². The second-order valence-electron chi connectivity index (χ2n) is 6.83. The molecular weight excluding hydrogens is 366 g/mol. The number of sulfonamides is 1. The summed E-state index contributed by atoms with van der Waals surface area (Å²) in [5.74, 6) is 0.280. The first-order valence-electron chi connectivity index (χ1n) is 8.60. The van der Waals surface area contributed by atoms with Crippen LogP contribution in [0.5, 0.6) is 0 Å². The Morgan fingerprint density at radius 2 is 1.70 bits per heavy atom. The molecule has 8 heteroatoms. The van der Waals surface area contributed by atoms with Gasteiger partial charge in [0.15, 0.2) is 0 Å². The first-order chi connectivity index (χ1) is 12.8. The molecule has 142 valence electrons. The fraction of sp³-hybridized carbons (Fsp3) is 0.263. The predicted molar refractivity (Wildman–Crippen MR) is 104 cm³/mol. The van der Waals surface area contributed by atoms with Crippen molar-refractivity contribution in [3.8, 4) is 0 Å². The molecule has 1 atom stereocenters. The van der Waals surface area contributed by atoms with Gasteiger partial charge in [0.1, 0.15) is 0 Å². The molecule has 0 spiro atoms. The fourth-order valence-corrected chi connectivity index (χ4v) is 4.24. The lowest BCUT2D eigenvalue weighted by Crippen LogP contribution is -2.30. The van der Waals surface area contributed by atoms with Gasteiger partial charge in [-0.3, -0.25) is 9.78 Å². The monoisotopic (exact) mass is 387 g/mol. The third-order valence-electron chi connectivity index (χ3n) is 4.23. The Morgan fingerprint density at radius 1 is 1.00 bits per heavy atom. The van der Waals surface area contributed by atoms with Crippen LogP contribution in [-0.4, -0.2) is 18.4 Å². The number of nitrogens with one attached hydrogen (secondary N) is 3. The van der Waals surface area contributed by atoms with Crippen molar-refractivity contribution in [1.82, 2.24) is 14.7 Å². The SMILES string of the molecule is CC(C)CC(NS(=O)(=O)c1ccc2[nH]c(=O)[nH]c(=O)c2c1)c1ccccc1. The van der Waals surface area contributed by atoms with E-state index < -0.39 is 21.3 Å². The van der Waals surface area contributed by atoms with Crippen molar-refractivity contribution in [2.75, 3.05) is 0 Å². The summed E-state index contributed by atoms with van der Waals surface area (Å²) in [7, 11) is -3.87. The maximum absolute atomic E-state index is 12.9. The summed E-state index contributed by atoms with van der Waals surface area (Å²) in [6.45, 7) is 4.05. The highest BCUT2D eigenvalue weighted by Gasteiger charge is 2.23. The average molecular weight is 387 g/mol. The molecule has 1 unspecified atom stereocenters. The lowest BCUT2D eigenvalue weighted by molar-refractivity contribution is 0.472. The largest absolute Gasteiger partial charge is 0.326 e. The zero-order valence-corrected chi connectivity index (χ0v) is 15.8. The third kappa shape index (κ3) is 4.35. The molecule has 3 aromatic rings. The first kappa shape index (κ1) is 19.1. The van der Waals surface area contributed by atoms with Gasteiger partial charge < -0.3 is 4.98 Å². The lowest BCUT2D eigenvalue weighted by atomic mass is 9.98. The summed E-state index contributed by atoms with van der Waals surface area (Å²) in [5.41, 5.74) is -0.114. The maximum atomic E-state index is 12.9. The molecule has 3 rings (SSSR count). The van der Waals surface area contributed by atoms with Crippen molar-refractivity contribution in [2.45, 2.75) is 31.2 Å². The molecule has 1 heterocycles. The van der Waals surface area contributed by atoms with Crippen LogP contribution in [0.4, 0.5) is 0 Å². The number of rotatable bonds is 6. The van der Waals surface area contributed by atoms with Gasteiger partial charge in [0, 0.05) is 6.04 Å². The second-order valence-corrected chi connectivity index (χ2v) is 8.54. The van der Waals surface area contributed by atoms with Gasteiger partial charge in [-0.2, -0.15) is 0 Å². The molecule has 0 fully saturated rings. The minimum Gasteiger partial charge on any atom is -0.307 e. The van der Waals surface area contributed by atoms with Crippen molar-refractivity contribution in [3.63, 3.8) is 0 Å². The summed E-state index contributed by atoms with van der Waals surface area (Å²) in [6.07, 6.45) is 0.630. The predicted octanol–water partition coefficient (Wildman–Crippen LogP) is 2.28. The summed E-state index contributed by atoms with van der Waals surface area (Å²) >= 11 is 0. The molecule has 0 saturated heterocycles. The van der Waals surface area contributed by atoms with Crippen LogP contribution >= 0.6 is 0 Å². The van der Waals surface area contributed by atoms with Crippen molar-refractivity contribution >= 4 is 20.9 Å². The third-order valence-corrected chi connectivity index (χ3v) is 5.70. The van der Waals surface area contributed by atoms with Crippen LogP contribution in [0.2, 0.25) is 0 Å². The minimum absolute atomic E-state index is 0.0303. The highest BCUT2D eigenvalue weighted by Crippen LogP contribution is 2.24. The smallest absolute Gasteiger partial charge is 0.307 e. The van der Waals surface area contributed by atoms with E-state index in [0.717, 1.165) is 5.56 Å². The zero-order chi connectivity index (χ0) is 19.6. The van der Waals surface area contributed by atoms with Gasteiger partial charge >= 0.3 is 5.69 Å². The second kappa shape index (κ2) is 7.50. The maximum Gasteiger partial charge on any atom is 0.326 e. The number of aromatic amines is 2. The number of fused-ring (bicyclic) bond motifs is 1. The van der Waals surface area contributed by atoms with E-state index >= 15 is 0 Å². The molecule has 3 N–H and O–H groups in total. The molecule has 0 aliphatic carbocycles. The Morgan fingerprint density at radius 3 is 2.37 bits per heavy atom. The van der Waals surface area contributed by atoms with Crippen molar-refractivity contribution < 1.29 is 8.42 Å². The van der Waals surface area contributed by atoms with Gasteiger partial charge in [-0.1, -0.05) is 44.2 Å². The minimum atomic E-state index is -3.87. The van der Waals surface area contributed by atoms with Crippen LogP contribution in [0, 0.1) is 5.92 Å². The molecule has 0 bridgehead atoms. The number of hydrogen-bond donors (Lipinski definition) is 3. The normalized spacial score (nSPS) is 13.1. The van der Waals surface area contributed by atoms with Crippen LogP contribution in [0.1, 0.15) is 31.9 Å². The summed E-state index contributed by atoms with van der Waals surface area (Å²) in [4.78, 5) is 27.9. The molecule has 0 amide bonds. The van der Waals surface area contributed by atoms with Crippen molar-refractivity contribution in [2.24, 2.45) is 5.92 Å². The topological polar surface area (TPSA) is 112 Å². The van der Waals surface area contributed by atoms with Gasteiger partial charge in [-0.15, -0.1) is 0 Å². The van der Waals surface area contributed by atoms with Crippen molar-refractivity contribution in [1.29, 1.82) is 0 Å². The van der Waals surface area contributed by atoms with E-state index in [9.17, 15) is 18.0 Å². The van der Waals surface area contributed by atoms with E-state index in [0.29, 0.717) is 6.42 Å². The number of H-pyrrole nitrogens is 2. The molecule has 27 heavy (non-hydrogen) atoms. The van der Waals surface area contributed by atoms with E-state index in [-0.39, 0.29) is 27.8 Å². The molecule has 0 radical (unpaired) electrons. The summed E-state index contributed by atoms with van der Waals surface area (Å²) in [6, 6.07) is 13.0. The van der Waals surface area contributed by atoms with Crippen LogP contribution in [0.15, 0.2) is 63.0 Å². The summed E-state index contributed by atoms with van der Waals surface area (Å²) in [5, 5.41) is 0.109. The molecule has 7 nitrogen and oxygen atoms in total. The van der Waals surface area contributed by atoms with Crippen LogP contribution in [0.25, 0.3) is 10.9 Å². The highest BCUT2D eigenvalue weighted by molar-refractivity contribution is 7.89. The Labute approximate surface area is 156 Å². The van der Waals surface area contributed by atoms with E-state index in [2.05, 4.69) is 14.7 Å². The Hall–Kier alpha value is -2.71. The number of benzene rings is 2. The number of aromatic nitrogens is 2. The Kier molecular flexibility index (Phi) is 5.29. The summed E-state index contributed by atoms with van der Waals surface area (Å²) < 4.78 is 28.6. The molecule has 2 aromatic carbocycles. The highest BCUT2D eigenvalue weighted by atomic mass is 32.2. The lowest BCUT2D eigenvalue weighted by Gasteiger charge is -2.21. The van der Waals surface area contributed by atoms with E-state index in [1.165, 1.54) is 18.2 Å². The van der Waals surface area contributed by atoms with E-state index in [1.807, 2.05) is 44.2 Å². The van der Waals surface area contributed by atoms with E-state index in [1.54, 1.807) is 0 Å². The van der Waals surface area contributed by atoms with Gasteiger partial charge in [0.2, 0.25) is 10.0 Å². The quantitative estimate of drug-likeness (QED) is 0.602. The Bertz CT molecular complexity index is 1160. The Balaban J connectivity index is 2.00. The fourth-order valence-electron chi connectivity index (χ4n) is 2.98. The van der Waals surface area contributed by atoms with Gasteiger partial charge in [-0.05, 0) is 36.1 Å². The molecule has 0 aliphatic rings. The van der Waals surface area contributed by atoms with Gasteiger partial charge in [0.05, 0.1) is 15.8 Å². The zero-order valence-electron chi connectivity index (χ0n) is 15.0. The van der Waals surface area contributed by atoms with Crippen LogP contribution in [0.3, 0.4) is 0 Å². The molecule has 0 saturated carbocycles. The molecular formula is C19H21N3O4S. The van der Waals surface area contributed by atoms with Gasteiger partial charge in [-0.25, -0.2) is 17.9 Å². The standard InChI is InChI=1S/C19H21N3O4S/c1-12(2)10-17(13-6-4-3-5-7-13)22-27(25,26)14-8-9-16-15(11-14)18(23)21-19(24)20-16/h3-9,11-12,17,22H,10H2,1-2H3,(H2,20,21,23,24).